The topological polar surface area (TPSA) is 70.6 Å². The first kappa shape index (κ1) is 11.4. The number of carbonyl (C=O) groups excluding carboxylic acids is 1. The zero-order valence-electron chi connectivity index (χ0n) is 8.62. The number of β-amino-alcohol motifs (C(OH)–C–C–N with tert-alkyl or cyclic N) is 1. The highest BCUT2D eigenvalue weighted by Gasteiger charge is 2.28. The molecule has 0 bridgehead atoms. The van der Waals surface area contributed by atoms with Crippen LogP contribution < -0.4 is 10.6 Å². The molecule has 0 saturated carbocycles. The highest BCUT2D eigenvalue weighted by molar-refractivity contribution is 5.82. The molecule has 3 unspecified atom stereocenters. The van der Waals surface area contributed by atoms with Gasteiger partial charge in [-0.15, -0.1) is 0 Å². The van der Waals surface area contributed by atoms with Gasteiger partial charge >= 0.3 is 0 Å². The van der Waals surface area contributed by atoms with Crippen LogP contribution in [0.3, 0.4) is 0 Å². The molecule has 14 heavy (non-hydrogen) atoms. The van der Waals surface area contributed by atoms with Crippen LogP contribution in [-0.2, 0) is 9.53 Å². The van der Waals surface area contributed by atoms with Crippen molar-refractivity contribution in [1.82, 2.24) is 10.6 Å². The van der Waals surface area contributed by atoms with E-state index in [9.17, 15) is 9.90 Å². The third-order valence-electron chi connectivity index (χ3n) is 2.23. The van der Waals surface area contributed by atoms with E-state index in [0.717, 1.165) is 0 Å². The average Bonchev–Trinajstić information content (AvgIpc) is 2.52. The minimum atomic E-state index is -0.400. The minimum Gasteiger partial charge on any atom is -0.392 e. The fourth-order valence-electron chi connectivity index (χ4n) is 1.55. The molecule has 5 heteroatoms. The van der Waals surface area contributed by atoms with Crippen molar-refractivity contribution in [3.8, 4) is 0 Å². The first-order chi connectivity index (χ1) is 6.63. The molecule has 1 saturated heterocycles. The van der Waals surface area contributed by atoms with Crippen LogP contribution in [0, 0.1) is 0 Å². The van der Waals surface area contributed by atoms with Crippen molar-refractivity contribution in [3.63, 3.8) is 0 Å². The third-order valence-corrected chi connectivity index (χ3v) is 2.23. The summed E-state index contributed by atoms with van der Waals surface area (Å²) in [5, 5.41) is 15.0. The number of methoxy groups -OCH3 is 1. The van der Waals surface area contributed by atoms with E-state index in [1.807, 2.05) is 6.92 Å². The Bertz CT molecular complexity index is 198. The zero-order chi connectivity index (χ0) is 10.6. The molecule has 0 aromatic rings. The summed E-state index contributed by atoms with van der Waals surface area (Å²) in [6.07, 6.45) is 0.0920. The van der Waals surface area contributed by atoms with Crippen LogP contribution in [0.4, 0.5) is 0 Å². The van der Waals surface area contributed by atoms with E-state index in [0.29, 0.717) is 19.6 Å². The Labute approximate surface area is 83.8 Å². The van der Waals surface area contributed by atoms with E-state index in [4.69, 9.17) is 4.74 Å². The SMILES string of the molecule is COCC(C)NC(=O)C1CC(O)CN1. The summed E-state index contributed by atoms with van der Waals surface area (Å²) >= 11 is 0. The number of hydrogen-bond donors (Lipinski definition) is 3. The lowest BCUT2D eigenvalue weighted by molar-refractivity contribution is -0.123. The van der Waals surface area contributed by atoms with Crippen molar-refractivity contribution >= 4 is 5.91 Å². The van der Waals surface area contributed by atoms with Crippen LogP contribution in [0.2, 0.25) is 0 Å². The van der Waals surface area contributed by atoms with Crippen LogP contribution in [-0.4, -0.2) is 49.5 Å². The van der Waals surface area contributed by atoms with Crippen LogP contribution >= 0.6 is 0 Å². The molecule has 82 valence electrons. The number of nitrogens with one attached hydrogen (secondary N) is 2. The molecular formula is C9H18N2O3. The van der Waals surface area contributed by atoms with Gasteiger partial charge in [-0.3, -0.25) is 4.79 Å². The Morgan fingerprint density at radius 3 is 3.00 bits per heavy atom. The molecule has 3 N–H and O–H groups in total. The maximum Gasteiger partial charge on any atom is 0.237 e. The molecular weight excluding hydrogens is 184 g/mol. The van der Waals surface area contributed by atoms with Crippen molar-refractivity contribution < 1.29 is 14.6 Å². The lowest BCUT2D eigenvalue weighted by Gasteiger charge is -2.16. The smallest absolute Gasteiger partial charge is 0.237 e. The lowest BCUT2D eigenvalue weighted by atomic mass is 10.2. The zero-order valence-corrected chi connectivity index (χ0v) is 8.62. The number of ether oxygens (including phenoxy) is 1. The molecule has 3 atom stereocenters. The van der Waals surface area contributed by atoms with Crippen molar-refractivity contribution in [2.24, 2.45) is 0 Å². The van der Waals surface area contributed by atoms with Gasteiger partial charge in [0.15, 0.2) is 0 Å². The maximum atomic E-state index is 11.5. The van der Waals surface area contributed by atoms with E-state index in [-0.39, 0.29) is 18.0 Å². The Balaban J connectivity index is 2.27. The van der Waals surface area contributed by atoms with Crippen molar-refractivity contribution in [2.45, 2.75) is 31.5 Å². The van der Waals surface area contributed by atoms with E-state index in [2.05, 4.69) is 10.6 Å². The summed E-state index contributed by atoms with van der Waals surface area (Å²) in [6.45, 7) is 2.88. The van der Waals surface area contributed by atoms with Crippen LogP contribution in [0.5, 0.6) is 0 Å². The molecule has 1 fully saturated rings. The largest absolute Gasteiger partial charge is 0.392 e. The summed E-state index contributed by atoms with van der Waals surface area (Å²) in [5.74, 6) is -0.0638. The van der Waals surface area contributed by atoms with Gasteiger partial charge in [-0.2, -0.15) is 0 Å². The fourth-order valence-corrected chi connectivity index (χ4v) is 1.55. The Morgan fingerprint density at radius 2 is 2.50 bits per heavy atom. The monoisotopic (exact) mass is 202 g/mol. The predicted molar refractivity (Wildman–Crippen MR) is 51.9 cm³/mol. The molecule has 1 aliphatic rings. The summed E-state index contributed by atoms with van der Waals surface area (Å²) in [6, 6.07) is -0.253. The van der Waals surface area contributed by atoms with Gasteiger partial charge in [-0.1, -0.05) is 0 Å². The average molecular weight is 202 g/mol. The molecule has 0 spiro atoms. The van der Waals surface area contributed by atoms with Crippen LogP contribution in [0.1, 0.15) is 13.3 Å². The quantitative estimate of drug-likeness (QED) is 0.539. The van der Waals surface area contributed by atoms with Gasteiger partial charge in [-0.25, -0.2) is 0 Å². The molecule has 1 heterocycles. The second-order valence-corrected chi connectivity index (χ2v) is 3.72. The van der Waals surface area contributed by atoms with Gasteiger partial charge in [0.2, 0.25) is 5.91 Å². The molecule has 1 aliphatic heterocycles. The van der Waals surface area contributed by atoms with E-state index >= 15 is 0 Å². The van der Waals surface area contributed by atoms with Gasteiger partial charge in [0.25, 0.3) is 0 Å². The van der Waals surface area contributed by atoms with E-state index in [1.165, 1.54) is 0 Å². The number of hydrogen-bond acceptors (Lipinski definition) is 4. The van der Waals surface area contributed by atoms with Crippen molar-refractivity contribution in [1.29, 1.82) is 0 Å². The first-order valence-electron chi connectivity index (χ1n) is 4.84. The summed E-state index contributed by atoms with van der Waals surface area (Å²) in [5.41, 5.74) is 0. The normalized spacial score (nSPS) is 28.8. The summed E-state index contributed by atoms with van der Waals surface area (Å²) in [7, 11) is 1.60. The van der Waals surface area contributed by atoms with Gasteiger partial charge in [0.05, 0.1) is 18.8 Å². The van der Waals surface area contributed by atoms with E-state index in [1.54, 1.807) is 7.11 Å². The van der Waals surface area contributed by atoms with Crippen molar-refractivity contribution in [2.75, 3.05) is 20.3 Å². The fraction of sp³-hybridized carbons (Fsp3) is 0.889. The molecule has 5 nitrogen and oxygen atoms in total. The maximum absolute atomic E-state index is 11.5. The third kappa shape index (κ3) is 3.25. The lowest BCUT2D eigenvalue weighted by Crippen LogP contribution is -2.45. The summed E-state index contributed by atoms with van der Waals surface area (Å²) in [4.78, 5) is 11.5. The highest BCUT2D eigenvalue weighted by Crippen LogP contribution is 2.06. The second-order valence-electron chi connectivity index (χ2n) is 3.72. The van der Waals surface area contributed by atoms with Gasteiger partial charge in [0.1, 0.15) is 0 Å². The second kappa shape index (κ2) is 5.29. The standard InChI is InChI=1S/C9H18N2O3/c1-6(5-14-2)11-9(13)8-3-7(12)4-10-8/h6-8,10,12H,3-5H2,1-2H3,(H,11,13). The molecule has 0 aliphatic carbocycles. The molecule has 0 radical (unpaired) electrons. The van der Waals surface area contributed by atoms with Crippen LogP contribution in [0.25, 0.3) is 0 Å². The van der Waals surface area contributed by atoms with Crippen molar-refractivity contribution in [3.05, 3.63) is 0 Å². The number of rotatable bonds is 4. The minimum absolute atomic E-state index is 0.00652. The predicted octanol–water partition coefficient (Wildman–Crippen LogP) is -1.14. The molecule has 0 aromatic carbocycles. The molecule has 1 rings (SSSR count). The molecule has 1 amide bonds. The van der Waals surface area contributed by atoms with Crippen LogP contribution in [0.15, 0.2) is 0 Å². The number of amides is 1. The van der Waals surface area contributed by atoms with Gasteiger partial charge in [-0.05, 0) is 13.3 Å². The first-order valence-corrected chi connectivity index (χ1v) is 4.84. The number of carbonyl (C=O) groups is 1. The van der Waals surface area contributed by atoms with Gasteiger partial charge < -0.3 is 20.5 Å². The number of aliphatic hydroxyl groups excluding tert-OH is 1. The molecule has 0 aromatic heterocycles. The Morgan fingerprint density at radius 1 is 1.79 bits per heavy atom. The summed E-state index contributed by atoms with van der Waals surface area (Å²) < 4.78 is 4.90. The number of aliphatic hydroxyl groups is 1. The van der Waals surface area contributed by atoms with E-state index < -0.39 is 6.10 Å². The Kier molecular flexibility index (Phi) is 4.31. The Hall–Kier alpha value is -0.650. The highest BCUT2D eigenvalue weighted by atomic mass is 16.5. The van der Waals surface area contributed by atoms with Gasteiger partial charge in [0, 0.05) is 19.7 Å².